The van der Waals surface area contributed by atoms with Gasteiger partial charge in [-0.05, 0) is 17.7 Å². The third kappa shape index (κ3) is 2.57. The fraction of sp³-hybridized carbons (Fsp3) is 0.118. The molecule has 0 saturated heterocycles. The van der Waals surface area contributed by atoms with Crippen molar-refractivity contribution in [3.63, 3.8) is 0 Å². The van der Waals surface area contributed by atoms with Crippen LogP contribution in [0.25, 0.3) is 11.0 Å². The summed E-state index contributed by atoms with van der Waals surface area (Å²) in [6, 6.07) is 15.7. The van der Waals surface area contributed by atoms with Crippen LogP contribution in [0.15, 0.2) is 59.2 Å². The van der Waals surface area contributed by atoms with Gasteiger partial charge in [0.2, 0.25) is 0 Å². The van der Waals surface area contributed by atoms with Crippen LogP contribution in [0, 0.1) is 0 Å². The molecule has 3 heteroatoms. The minimum atomic E-state index is 0.372. The Kier molecular flexibility index (Phi) is 3.50. The van der Waals surface area contributed by atoms with Gasteiger partial charge in [-0.2, -0.15) is 0 Å². The van der Waals surface area contributed by atoms with Gasteiger partial charge in [0.05, 0.1) is 6.26 Å². The van der Waals surface area contributed by atoms with Gasteiger partial charge in [0.15, 0.2) is 0 Å². The van der Waals surface area contributed by atoms with Crippen molar-refractivity contribution < 1.29 is 13.9 Å². The molecule has 1 heterocycles. The van der Waals surface area contributed by atoms with Gasteiger partial charge < -0.3 is 13.9 Å². The zero-order chi connectivity index (χ0) is 13.8. The molecule has 0 radical (unpaired) electrons. The molecule has 2 aromatic carbocycles. The lowest BCUT2D eigenvalue weighted by Crippen LogP contribution is -1.94. The van der Waals surface area contributed by atoms with Gasteiger partial charge in [-0.1, -0.05) is 30.3 Å². The summed E-state index contributed by atoms with van der Waals surface area (Å²) in [5.74, 6) is 0.758. The van der Waals surface area contributed by atoms with E-state index in [4.69, 9.17) is 9.15 Å². The molecule has 3 nitrogen and oxygen atoms in total. The third-order valence-electron chi connectivity index (χ3n) is 3.18. The first kappa shape index (κ1) is 12.5. The first-order valence-corrected chi connectivity index (χ1v) is 6.47. The molecule has 20 heavy (non-hydrogen) atoms. The number of carbonyl (C=O) groups excluding carboxylic acids is 1. The van der Waals surface area contributed by atoms with E-state index < -0.39 is 0 Å². The number of aldehydes is 1. The number of furan rings is 1. The lowest BCUT2D eigenvalue weighted by Gasteiger charge is -2.06. The van der Waals surface area contributed by atoms with Crippen molar-refractivity contribution in [2.45, 2.75) is 13.0 Å². The molecule has 0 amide bonds. The first-order valence-electron chi connectivity index (χ1n) is 6.47. The van der Waals surface area contributed by atoms with E-state index in [1.807, 2.05) is 48.5 Å². The molecule has 0 saturated carbocycles. The van der Waals surface area contributed by atoms with Crippen molar-refractivity contribution in [3.05, 3.63) is 65.9 Å². The summed E-state index contributed by atoms with van der Waals surface area (Å²) in [4.78, 5) is 10.6. The highest BCUT2D eigenvalue weighted by Crippen LogP contribution is 2.26. The number of carbonyl (C=O) groups is 1. The number of hydrogen-bond donors (Lipinski definition) is 0. The smallest absolute Gasteiger partial charge is 0.137 e. The predicted octanol–water partition coefficient (Wildman–Crippen LogP) is 3.75. The van der Waals surface area contributed by atoms with E-state index in [1.54, 1.807) is 6.26 Å². The number of hydrogen-bond acceptors (Lipinski definition) is 3. The van der Waals surface area contributed by atoms with Crippen LogP contribution in [0.2, 0.25) is 0 Å². The molecule has 0 atom stereocenters. The summed E-state index contributed by atoms with van der Waals surface area (Å²) < 4.78 is 11.2. The Morgan fingerprint density at radius 1 is 1.10 bits per heavy atom. The van der Waals surface area contributed by atoms with E-state index in [-0.39, 0.29) is 0 Å². The maximum Gasteiger partial charge on any atom is 0.137 e. The first-order chi connectivity index (χ1) is 9.86. The van der Waals surface area contributed by atoms with E-state index in [9.17, 15) is 4.79 Å². The highest BCUT2D eigenvalue weighted by atomic mass is 16.5. The lowest BCUT2D eigenvalue weighted by molar-refractivity contribution is -0.107. The molecule has 100 valence electrons. The van der Waals surface area contributed by atoms with Crippen LogP contribution >= 0.6 is 0 Å². The van der Waals surface area contributed by atoms with E-state index in [1.165, 1.54) is 0 Å². The largest absolute Gasteiger partial charge is 0.489 e. The number of benzene rings is 2. The van der Waals surface area contributed by atoms with Crippen molar-refractivity contribution in [3.8, 4) is 5.75 Å². The van der Waals surface area contributed by atoms with Crippen molar-refractivity contribution in [1.82, 2.24) is 0 Å². The second-order valence-electron chi connectivity index (χ2n) is 4.56. The minimum Gasteiger partial charge on any atom is -0.489 e. The summed E-state index contributed by atoms with van der Waals surface area (Å²) in [5.41, 5.74) is 2.77. The standard InChI is InChI=1S/C17H14O3/c18-9-8-14-12-20-17-10-15(6-7-16(14)17)19-11-13-4-2-1-3-5-13/h1-7,9-10,12H,8,11H2. The van der Waals surface area contributed by atoms with Crippen LogP contribution in [0.1, 0.15) is 11.1 Å². The molecule has 0 unspecified atom stereocenters. The van der Waals surface area contributed by atoms with Crippen LogP contribution in [0.5, 0.6) is 5.75 Å². The van der Waals surface area contributed by atoms with Gasteiger partial charge in [-0.15, -0.1) is 0 Å². The van der Waals surface area contributed by atoms with Crippen LogP contribution in [0.4, 0.5) is 0 Å². The Bertz CT molecular complexity index is 713. The van der Waals surface area contributed by atoms with Crippen molar-refractivity contribution in [2.24, 2.45) is 0 Å². The summed E-state index contributed by atoms with van der Waals surface area (Å²) in [5, 5.41) is 0.962. The maximum atomic E-state index is 10.6. The van der Waals surface area contributed by atoms with E-state index in [2.05, 4.69) is 0 Å². The molecule has 1 aromatic heterocycles. The SMILES string of the molecule is O=CCc1coc2cc(OCc3ccccc3)ccc12. The molecular formula is C17H14O3. The fourth-order valence-electron chi connectivity index (χ4n) is 2.14. The monoisotopic (exact) mass is 266 g/mol. The van der Waals surface area contributed by atoms with Gasteiger partial charge >= 0.3 is 0 Å². The Morgan fingerprint density at radius 3 is 2.75 bits per heavy atom. The van der Waals surface area contributed by atoms with Gasteiger partial charge in [0.25, 0.3) is 0 Å². The quantitative estimate of drug-likeness (QED) is 0.660. The maximum absolute atomic E-state index is 10.6. The Labute approximate surface area is 116 Å². The molecule has 0 bridgehead atoms. The van der Waals surface area contributed by atoms with Crippen molar-refractivity contribution in [1.29, 1.82) is 0 Å². The summed E-state index contributed by atoms with van der Waals surface area (Å²) in [6.07, 6.45) is 2.88. The van der Waals surface area contributed by atoms with Crippen LogP contribution in [-0.4, -0.2) is 6.29 Å². The Morgan fingerprint density at radius 2 is 1.95 bits per heavy atom. The molecule has 0 fully saturated rings. The van der Waals surface area contributed by atoms with Crippen LogP contribution in [-0.2, 0) is 17.8 Å². The average molecular weight is 266 g/mol. The van der Waals surface area contributed by atoms with E-state index in [0.29, 0.717) is 13.0 Å². The van der Waals surface area contributed by atoms with Gasteiger partial charge in [0, 0.05) is 23.4 Å². The second-order valence-corrected chi connectivity index (χ2v) is 4.56. The highest BCUT2D eigenvalue weighted by Gasteiger charge is 2.06. The fourth-order valence-corrected chi connectivity index (χ4v) is 2.14. The van der Waals surface area contributed by atoms with Gasteiger partial charge in [-0.3, -0.25) is 0 Å². The zero-order valence-electron chi connectivity index (χ0n) is 10.9. The van der Waals surface area contributed by atoms with Gasteiger partial charge in [-0.25, -0.2) is 0 Å². The average Bonchev–Trinajstić information content (AvgIpc) is 2.89. The number of fused-ring (bicyclic) bond motifs is 1. The van der Waals surface area contributed by atoms with Crippen LogP contribution in [0.3, 0.4) is 0 Å². The molecule has 0 N–H and O–H groups in total. The van der Waals surface area contributed by atoms with Crippen LogP contribution < -0.4 is 4.74 Å². The second kappa shape index (κ2) is 5.61. The summed E-state index contributed by atoms with van der Waals surface area (Å²) in [7, 11) is 0. The molecule has 0 spiro atoms. The van der Waals surface area contributed by atoms with Crippen molar-refractivity contribution >= 4 is 17.3 Å². The molecule has 3 aromatic rings. The Hall–Kier alpha value is -2.55. The molecule has 3 rings (SSSR count). The van der Waals surface area contributed by atoms with Gasteiger partial charge in [0.1, 0.15) is 24.2 Å². The molecule has 0 aliphatic heterocycles. The van der Waals surface area contributed by atoms with E-state index >= 15 is 0 Å². The Balaban J connectivity index is 1.78. The molecular weight excluding hydrogens is 252 g/mol. The molecule has 0 aliphatic carbocycles. The summed E-state index contributed by atoms with van der Waals surface area (Å²) >= 11 is 0. The summed E-state index contributed by atoms with van der Waals surface area (Å²) in [6.45, 7) is 0.522. The number of rotatable bonds is 5. The van der Waals surface area contributed by atoms with Crippen molar-refractivity contribution in [2.75, 3.05) is 0 Å². The van der Waals surface area contributed by atoms with E-state index in [0.717, 1.165) is 34.1 Å². The molecule has 0 aliphatic rings. The predicted molar refractivity (Wildman–Crippen MR) is 76.8 cm³/mol. The number of ether oxygens (including phenoxy) is 1. The normalized spacial score (nSPS) is 10.6. The highest BCUT2D eigenvalue weighted by molar-refractivity contribution is 5.84. The lowest BCUT2D eigenvalue weighted by atomic mass is 10.1. The third-order valence-corrected chi connectivity index (χ3v) is 3.18. The minimum absolute atomic E-state index is 0.372. The zero-order valence-corrected chi connectivity index (χ0v) is 10.9. The topological polar surface area (TPSA) is 39.4 Å².